The van der Waals surface area contributed by atoms with Crippen LogP contribution in [0.15, 0.2) is 12.2 Å². The predicted octanol–water partition coefficient (Wildman–Crippen LogP) is 2.00. The number of hydrogen-bond acceptors (Lipinski definition) is 4. The van der Waals surface area contributed by atoms with Gasteiger partial charge in [0.25, 0.3) is 0 Å². The number of carbonyl (C=O) groups excluding carboxylic acids is 1. The van der Waals surface area contributed by atoms with Gasteiger partial charge in [0.1, 0.15) is 5.78 Å². The molecule has 0 aromatic heterocycles. The van der Waals surface area contributed by atoms with E-state index in [1.807, 2.05) is 0 Å². The molecule has 26 heavy (non-hydrogen) atoms. The van der Waals surface area contributed by atoms with Crippen LogP contribution in [0.3, 0.4) is 0 Å². The SMILES string of the molecule is C=C1[C@H]2C[C@]3([C@@H]1O)[C@@H]1CC4C5(C1N(CC)C[C@]4(C)CC[C@@H]5O)[C@@H]3CC2=O. The molecule has 142 valence electrons. The van der Waals surface area contributed by atoms with E-state index in [9.17, 15) is 15.0 Å². The van der Waals surface area contributed by atoms with Crippen LogP contribution in [0.2, 0.25) is 0 Å². The summed E-state index contributed by atoms with van der Waals surface area (Å²) in [6.07, 6.45) is 3.50. The first-order valence-corrected chi connectivity index (χ1v) is 10.6. The molecule has 6 fully saturated rings. The number of nitrogens with zero attached hydrogens (tertiary/aromatic N) is 1. The van der Waals surface area contributed by atoms with Gasteiger partial charge in [-0.05, 0) is 61.0 Å². The molecule has 1 saturated heterocycles. The summed E-state index contributed by atoms with van der Waals surface area (Å²) in [5.41, 5.74) is 0.598. The fraction of sp³-hybridized carbons (Fsp3) is 0.864. The Kier molecular flexibility index (Phi) is 2.80. The summed E-state index contributed by atoms with van der Waals surface area (Å²) in [6.45, 7) is 10.9. The van der Waals surface area contributed by atoms with Crippen molar-refractivity contribution in [2.24, 2.45) is 39.9 Å². The Morgan fingerprint density at radius 2 is 2.08 bits per heavy atom. The molecule has 6 rings (SSSR count). The van der Waals surface area contributed by atoms with E-state index in [4.69, 9.17) is 0 Å². The molecule has 10 atom stereocenters. The van der Waals surface area contributed by atoms with Gasteiger partial charge < -0.3 is 10.2 Å². The first kappa shape index (κ1) is 16.3. The van der Waals surface area contributed by atoms with Crippen LogP contribution in [-0.2, 0) is 4.79 Å². The first-order valence-electron chi connectivity index (χ1n) is 10.6. The van der Waals surface area contributed by atoms with E-state index in [1.54, 1.807) is 0 Å². The number of ketones is 1. The highest BCUT2D eigenvalue weighted by Crippen LogP contribution is 2.83. The number of carbonyl (C=O) groups is 1. The third-order valence-corrected chi connectivity index (χ3v) is 10.4. The summed E-state index contributed by atoms with van der Waals surface area (Å²) >= 11 is 0. The van der Waals surface area contributed by atoms with Gasteiger partial charge in [-0.1, -0.05) is 20.4 Å². The van der Waals surface area contributed by atoms with Gasteiger partial charge in [0.2, 0.25) is 0 Å². The van der Waals surface area contributed by atoms with Gasteiger partial charge in [0.05, 0.1) is 12.2 Å². The Bertz CT molecular complexity index is 735. The fourth-order valence-electron chi connectivity index (χ4n) is 9.75. The number of piperidine rings is 1. The van der Waals surface area contributed by atoms with Crippen LogP contribution in [0.4, 0.5) is 0 Å². The minimum atomic E-state index is -0.561. The molecule has 5 saturated carbocycles. The highest BCUT2D eigenvalue weighted by molar-refractivity contribution is 5.87. The molecule has 2 N–H and O–H groups in total. The zero-order valence-corrected chi connectivity index (χ0v) is 15.9. The molecule has 7 bridgehead atoms. The van der Waals surface area contributed by atoms with Crippen molar-refractivity contribution in [1.29, 1.82) is 0 Å². The maximum absolute atomic E-state index is 13.0. The Labute approximate surface area is 155 Å². The van der Waals surface area contributed by atoms with Crippen LogP contribution in [0, 0.1) is 39.9 Å². The number of fused-ring (bicyclic) bond motifs is 1. The van der Waals surface area contributed by atoms with Crippen molar-refractivity contribution >= 4 is 5.78 Å². The Morgan fingerprint density at radius 3 is 2.81 bits per heavy atom. The lowest BCUT2D eigenvalue weighted by molar-refractivity contribution is -0.211. The second-order valence-electron chi connectivity index (χ2n) is 10.7. The zero-order chi connectivity index (χ0) is 18.2. The van der Waals surface area contributed by atoms with Crippen molar-refractivity contribution < 1.29 is 15.0 Å². The van der Waals surface area contributed by atoms with Crippen LogP contribution < -0.4 is 0 Å². The number of aliphatic hydroxyl groups excluding tert-OH is 2. The van der Waals surface area contributed by atoms with Crippen molar-refractivity contribution in [3.8, 4) is 0 Å². The van der Waals surface area contributed by atoms with Gasteiger partial charge in [-0.3, -0.25) is 9.69 Å². The van der Waals surface area contributed by atoms with Gasteiger partial charge in [0.15, 0.2) is 0 Å². The zero-order valence-electron chi connectivity index (χ0n) is 15.9. The maximum atomic E-state index is 13.0. The molecule has 1 aliphatic heterocycles. The van der Waals surface area contributed by atoms with Gasteiger partial charge in [-0.15, -0.1) is 0 Å². The second-order valence-corrected chi connectivity index (χ2v) is 10.7. The molecule has 0 aromatic rings. The highest BCUT2D eigenvalue weighted by atomic mass is 16.3. The quantitative estimate of drug-likeness (QED) is 0.705. The molecule has 0 radical (unpaired) electrons. The number of Topliss-reactive ketones (excluding diaryl/α,β-unsaturated/α-hetero) is 1. The molecule has 4 nitrogen and oxygen atoms in total. The highest BCUT2D eigenvalue weighted by Gasteiger charge is 2.85. The molecule has 2 spiro atoms. The van der Waals surface area contributed by atoms with E-state index in [2.05, 4.69) is 25.3 Å². The molecule has 1 heterocycles. The van der Waals surface area contributed by atoms with Gasteiger partial charge in [0, 0.05) is 35.8 Å². The Morgan fingerprint density at radius 1 is 1.31 bits per heavy atom. The lowest BCUT2D eigenvalue weighted by atomic mass is 9.43. The van der Waals surface area contributed by atoms with E-state index in [1.165, 1.54) is 0 Å². The number of rotatable bonds is 1. The Balaban J connectivity index is 1.62. The minimum Gasteiger partial charge on any atom is -0.392 e. The smallest absolute Gasteiger partial charge is 0.140 e. The summed E-state index contributed by atoms with van der Waals surface area (Å²) in [5.74, 6) is 1.16. The monoisotopic (exact) mass is 357 g/mol. The lowest BCUT2D eigenvalue weighted by Crippen LogP contribution is -2.68. The summed E-state index contributed by atoms with van der Waals surface area (Å²) in [4.78, 5) is 15.6. The average molecular weight is 357 g/mol. The molecule has 5 aliphatic carbocycles. The largest absolute Gasteiger partial charge is 0.392 e. The first-order chi connectivity index (χ1) is 12.3. The average Bonchev–Trinajstić information content (AvgIpc) is 3.14. The minimum absolute atomic E-state index is 0.130. The van der Waals surface area contributed by atoms with Gasteiger partial charge in [-0.25, -0.2) is 0 Å². The van der Waals surface area contributed by atoms with Crippen molar-refractivity contribution in [3.63, 3.8) is 0 Å². The van der Waals surface area contributed by atoms with Crippen LogP contribution >= 0.6 is 0 Å². The predicted molar refractivity (Wildman–Crippen MR) is 97.2 cm³/mol. The number of hydrogen-bond donors (Lipinski definition) is 2. The molecular weight excluding hydrogens is 326 g/mol. The van der Waals surface area contributed by atoms with Crippen molar-refractivity contribution in [2.45, 2.75) is 64.2 Å². The standard InChI is InChI=1S/C22H31NO3/c1-4-23-10-20(3)6-5-17(25)22-15(20)7-13(18(22)23)21-9-12(11(2)19(21)26)14(24)8-16(21)22/h12-13,15-19,25-26H,2,4-10H2,1,3H3/t12-,13-,15?,16-,17+,18?,19-,20+,21+,22?/m1/s1. The summed E-state index contributed by atoms with van der Waals surface area (Å²) in [5, 5.41) is 22.8. The molecule has 3 unspecified atom stereocenters. The van der Waals surface area contributed by atoms with Crippen LogP contribution in [0.1, 0.15) is 46.0 Å². The number of aliphatic hydroxyl groups is 2. The summed E-state index contributed by atoms with van der Waals surface area (Å²) < 4.78 is 0. The molecule has 6 aliphatic rings. The Hall–Kier alpha value is -0.710. The van der Waals surface area contributed by atoms with Crippen LogP contribution in [0.5, 0.6) is 0 Å². The van der Waals surface area contributed by atoms with E-state index in [0.29, 0.717) is 24.3 Å². The topological polar surface area (TPSA) is 60.8 Å². The van der Waals surface area contributed by atoms with Crippen molar-refractivity contribution in [2.75, 3.05) is 13.1 Å². The summed E-state index contributed by atoms with van der Waals surface area (Å²) in [6, 6.07) is 0.331. The lowest BCUT2D eigenvalue weighted by Gasteiger charge is -2.65. The van der Waals surface area contributed by atoms with E-state index in [-0.39, 0.29) is 40.0 Å². The molecule has 0 amide bonds. The van der Waals surface area contributed by atoms with Gasteiger partial charge >= 0.3 is 0 Å². The maximum Gasteiger partial charge on any atom is 0.140 e. The van der Waals surface area contributed by atoms with E-state index >= 15 is 0 Å². The van der Waals surface area contributed by atoms with Crippen molar-refractivity contribution in [1.82, 2.24) is 4.90 Å². The molecule has 4 heteroatoms. The normalized spacial score (nSPS) is 62.7. The van der Waals surface area contributed by atoms with Crippen molar-refractivity contribution in [3.05, 3.63) is 12.2 Å². The number of likely N-dealkylation sites (tertiary alicyclic amines) is 1. The fourth-order valence-corrected chi connectivity index (χ4v) is 9.75. The van der Waals surface area contributed by atoms with E-state index in [0.717, 1.165) is 44.3 Å². The summed E-state index contributed by atoms with van der Waals surface area (Å²) in [7, 11) is 0. The second kappa shape index (κ2) is 4.47. The molecular formula is C22H31NO3. The van der Waals surface area contributed by atoms with Crippen LogP contribution in [-0.4, -0.2) is 52.2 Å². The van der Waals surface area contributed by atoms with Gasteiger partial charge in [-0.2, -0.15) is 0 Å². The third-order valence-electron chi connectivity index (χ3n) is 10.4. The third kappa shape index (κ3) is 1.33. The van der Waals surface area contributed by atoms with Crippen LogP contribution in [0.25, 0.3) is 0 Å². The molecule has 0 aromatic carbocycles. The van der Waals surface area contributed by atoms with E-state index < -0.39 is 6.10 Å².